The molecule has 0 fully saturated rings. The smallest absolute Gasteiger partial charge is 0.180 e. The summed E-state index contributed by atoms with van der Waals surface area (Å²) in [5.41, 5.74) is 8.53. The second-order valence-corrected chi connectivity index (χ2v) is 12.9. The molecule has 2 aliphatic heterocycles. The maximum Gasteiger partial charge on any atom is 0.180 e. The van der Waals surface area contributed by atoms with Crippen molar-refractivity contribution in [3.05, 3.63) is 70.4 Å². The van der Waals surface area contributed by atoms with E-state index in [9.17, 15) is 5.11 Å². The van der Waals surface area contributed by atoms with Crippen molar-refractivity contribution < 1.29 is 28.8 Å². The summed E-state index contributed by atoms with van der Waals surface area (Å²) in [4.78, 5) is 12.7. The summed E-state index contributed by atoms with van der Waals surface area (Å²) in [6.07, 6.45) is 0. The predicted octanol–water partition coefficient (Wildman–Crippen LogP) is 8.68. The van der Waals surface area contributed by atoms with Gasteiger partial charge in [0.1, 0.15) is 26.4 Å². The molecule has 0 aliphatic carbocycles. The molecule has 0 saturated carbocycles. The van der Waals surface area contributed by atoms with Crippen molar-refractivity contribution in [2.45, 2.75) is 20.8 Å². The van der Waals surface area contributed by atoms with Crippen LogP contribution in [0.5, 0.6) is 34.5 Å². The molecule has 1 N–H and O–H groups in total. The Morgan fingerprint density at radius 3 is 1.78 bits per heavy atom. The standard InChI is InChI=1S/C36H30N2O6S2/c1-4-40-26-10-7-22(16-25(26)39)30-29(21-6-5-19(2)20(3)15-21)37-31-23(35-33-27(17-45-35)41-11-13-43-33)8-9-24(32(31)38-30)36-34-28(18-46-36)42-12-14-44-34/h5-10,15-18,39H,4,11-14H2,1-3H3. The predicted molar refractivity (Wildman–Crippen MR) is 181 cm³/mol. The first-order valence-electron chi connectivity index (χ1n) is 15.1. The molecule has 3 aromatic carbocycles. The van der Waals surface area contributed by atoms with Crippen molar-refractivity contribution in [2.24, 2.45) is 0 Å². The van der Waals surface area contributed by atoms with Gasteiger partial charge in [-0.05, 0) is 56.2 Å². The summed E-state index contributed by atoms with van der Waals surface area (Å²) in [7, 11) is 0. The fourth-order valence-corrected chi connectivity index (χ4v) is 7.75. The number of nitrogens with zero attached hydrogens (tertiary/aromatic N) is 2. The molecule has 0 unspecified atom stereocenters. The maximum atomic E-state index is 10.9. The summed E-state index contributed by atoms with van der Waals surface area (Å²) < 4.78 is 29.7. The number of rotatable bonds is 6. The fourth-order valence-electron chi connectivity index (χ4n) is 5.83. The first kappa shape index (κ1) is 28.7. The Labute approximate surface area is 273 Å². The lowest BCUT2D eigenvalue weighted by Crippen LogP contribution is -2.14. The number of hydrogen-bond donors (Lipinski definition) is 1. The molecule has 0 spiro atoms. The average Bonchev–Trinajstić information content (AvgIpc) is 3.71. The zero-order chi connectivity index (χ0) is 31.4. The average molecular weight is 651 g/mol. The molecule has 0 amide bonds. The Kier molecular flexibility index (Phi) is 7.18. The molecule has 3 aromatic heterocycles. The molecule has 8 rings (SSSR count). The molecule has 2 aliphatic rings. The summed E-state index contributed by atoms with van der Waals surface area (Å²) in [5.74, 6) is 3.38. The van der Waals surface area contributed by atoms with Crippen LogP contribution < -0.4 is 23.7 Å². The van der Waals surface area contributed by atoms with Crippen LogP contribution in [-0.2, 0) is 0 Å². The number of aryl methyl sites for hydroxylation is 2. The Balaban J connectivity index is 1.45. The van der Waals surface area contributed by atoms with Crippen LogP contribution in [0.4, 0.5) is 0 Å². The van der Waals surface area contributed by atoms with Gasteiger partial charge in [-0.3, -0.25) is 0 Å². The summed E-state index contributed by atoms with van der Waals surface area (Å²) in [6, 6.07) is 15.8. The minimum atomic E-state index is 0.0431. The molecule has 5 heterocycles. The second-order valence-electron chi connectivity index (χ2n) is 11.1. The molecule has 10 heteroatoms. The Bertz CT molecular complexity index is 2140. The third-order valence-corrected chi connectivity index (χ3v) is 10.2. The molecular formula is C36H30N2O6S2. The van der Waals surface area contributed by atoms with E-state index < -0.39 is 0 Å². The van der Waals surface area contributed by atoms with Gasteiger partial charge in [-0.25, -0.2) is 9.97 Å². The van der Waals surface area contributed by atoms with E-state index in [4.69, 9.17) is 33.7 Å². The van der Waals surface area contributed by atoms with Crippen LogP contribution >= 0.6 is 22.7 Å². The zero-order valence-corrected chi connectivity index (χ0v) is 27.1. The number of thiophene rings is 2. The number of ether oxygens (including phenoxy) is 5. The van der Waals surface area contributed by atoms with Gasteiger partial charge in [0.05, 0.1) is 38.8 Å². The fraction of sp³-hybridized carbons (Fsp3) is 0.222. The molecule has 0 radical (unpaired) electrons. The highest BCUT2D eigenvalue weighted by Crippen LogP contribution is 2.51. The van der Waals surface area contributed by atoms with E-state index in [2.05, 4.69) is 44.2 Å². The molecular weight excluding hydrogens is 621 g/mol. The van der Waals surface area contributed by atoms with Crippen LogP contribution in [0.1, 0.15) is 18.1 Å². The molecule has 232 valence electrons. The van der Waals surface area contributed by atoms with Crippen molar-refractivity contribution in [2.75, 3.05) is 33.0 Å². The van der Waals surface area contributed by atoms with Gasteiger partial charge in [0, 0.05) is 33.0 Å². The molecule has 6 aromatic rings. The van der Waals surface area contributed by atoms with Gasteiger partial charge in [-0.1, -0.05) is 24.3 Å². The number of aromatic hydroxyl groups is 1. The normalized spacial score (nSPS) is 13.6. The number of fused-ring (bicyclic) bond motifs is 3. The van der Waals surface area contributed by atoms with Gasteiger partial charge >= 0.3 is 0 Å². The van der Waals surface area contributed by atoms with Crippen LogP contribution in [0.15, 0.2) is 59.3 Å². The van der Waals surface area contributed by atoms with Crippen molar-refractivity contribution in [3.63, 3.8) is 0 Å². The third-order valence-electron chi connectivity index (χ3n) is 8.23. The summed E-state index contributed by atoms with van der Waals surface area (Å²) >= 11 is 3.13. The lowest BCUT2D eigenvalue weighted by molar-refractivity contribution is 0.174. The van der Waals surface area contributed by atoms with E-state index in [1.165, 1.54) is 5.56 Å². The maximum absolute atomic E-state index is 10.9. The Hall–Kier alpha value is -4.80. The number of hydrogen-bond acceptors (Lipinski definition) is 10. The van der Waals surface area contributed by atoms with Crippen LogP contribution in [0, 0.1) is 13.8 Å². The highest BCUT2D eigenvalue weighted by molar-refractivity contribution is 7.15. The third kappa shape index (κ3) is 4.80. The lowest BCUT2D eigenvalue weighted by Gasteiger charge is -2.19. The number of benzene rings is 3. The largest absolute Gasteiger partial charge is 0.504 e. The van der Waals surface area contributed by atoms with E-state index in [1.807, 2.05) is 23.8 Å². The van der Waals surface area contributed by atoms with Crippen molar-refractivity contribution >= 4 is 33.7 Å². The number of phenolic OH excluding ortho intramolecular Hbond substituents is 1. The molecule has 46 heavy (non-hydrogen) atoms. The number of aromatic nitrogens is 2. The highest BCUT2D eigenvalue weighted by atomic mass is 32.1. The summed E-state index contributed by atoms with van der Waals surface area (Å²) in [6.45, 7) is 8.51. The zero-order valence-electron chi connectivity index (χ0n) is 25.5. The Morgan fingerprint density at radius 1 is 0.696 bits per heavy atom. The van der Waals surface area contributed by atoms with Gasteiger partial charge in [0.2, 0.25) is 0 Å². The first-order chi connectivity index (χ1) is 22.5. The van der Waals surface area contributed by atoms with Gasteiger partial charge in [-0.15, -0.1) is 22.7 Å². The van der Waals surface area contributed by atoms with E-state index in [0.717, 1.165) is 66.1 Å². The van der Waals surface area contributed by atoms with E-state index in [-0.39, 0.29) is 5.75 Å². The number of phenols is 1. The van der Waals surface area contributed by atoms with Crippen LogP contribution in [0.25, 0.3) is 54.4 Å². The minimum Gasteiger partial charge on any atom is -0.504 e. The quantitative estimate of drug-likeness (QED) is 0.191. The minimum absolute atomic E-state index is 0.0431. The summed E-state index contributed by atoms with van der Waals surface area (Å²) in [5, 5.41) is 14.9. The van der Waals surface area contributed by atoms with Crippen LogP contribution in [-0.4, -0.2) is 48.1 Å². The van der Waals surface area contributed by atoms with Crippen molar-refractivity contribution in [1.29, 1.82) is 0 Å². The van der Waals surface area contributed by atoms with Crippen molar-refractivity contribution in [3.8, 4) is 77.9 Å². The SMILES string of the molecule is CCOc1ccc(-c2nc3c(-c4scc5c4OCCO5)ccc(-c4scc5c4OCCO5)c3nc2-c2ccc(C)c(C)c2)cc1O. The molecule has 0 atom stereocenters. The Morgan fingerprint density at radius 2 is 1.24 bits per heavy atom. The van der Waals surface area contributed by atoms with Gasteiger partial charge < -0.3 is 28.8 Å². The monoisotopic (exact) mass is 650 g/mol. The van der Waals surface area contributed by atoms with Gasteiger partial charge in [-0.2, -0.15) is 0 Å². The van der Waals surface area contributed by atoms with Gasteiger partial charge in [0.25, 0.3) is 0 Å². The topological polar surface area (TPSA) is 92.2 Å². The van der Waals surface area contributed by atoms with Crippen molar-refractivity contribution in [1.82, 2.24) is 9.97 Å². The molecule has 8 nitrogen and oxygen atoms in total. The van der Waals surface area contributed by atoms with Crippen LogP contribution in [0.2, 0.25) is 0 Å². The van der Waals surface area contributed by atoms with Crippen LogP contribution in [0.3, 0.4) is 0 Å². The van der Waals surface area contributed by atoms with E-state index in [0.29, 0.717) is 55.7 Å². The molecule has 0 saturated heterocycles. The second kappa shape index (κ2) is 11.5. The van der Waals surface area contributed by atoms with Gasteiger partial charge in [0.15, 0.2) is 34.5 Å². The first-order valence-corrected chi connectivity index (χ1v) is 16.9. The highest BCUT2D eigenvalue weighted by Gasteiger charge is 2.27. The van der Waals surface area contributed by atoms with E-state index in [1.54, 1.807) is 34.8 Å². The molecule has 0 bridgehead atoms. The lowest BCUT2D eigenvalue weighted by atomic mass is 9.98. The van der Waals surface area contributed by atoms with E-state index >= 15 is 0 Å².